The van der Waals surface area contributed by atoms with Crippen LogP contribution in [-0.4, -0.2) is 44.3 Å². The summed E-state index contributed by atoms with van der Waals surface area (Å²) in [4.78, 5) is 14.9. The minimum absolute atomic E-state index is 0.114. The van der Waals surface area contributed by atoms with Gasteiger partial charge in [-0.15, -0.1) is 10.2 Å². The summed E-state index contributed by atoms with van der Waals surface area (Å²) in [5, 5.41) is 24.6. The first-order chi connectivity index (χ1) is 13.5. The number of benzene rings is 2. The fourth-order valence-electron chi connectivity index (χ4n) is 3.64. The van der Waals surface area contributed by atoms with E-state index in [4.69, 9.17) is 0 Å². The summed E-state index contributed by atoms with van der Waals surface area (Å²) < 4.78 is 0. The first kappa shape index (κ1) is 18.3. The third-order valence-corrected chi connectivity index (χ3v) is 5.43. The number of aromatic nitrogens is 4. The number of nitrogens with one attached hydrogen (secondary N) is 1. The fraction of sp³-hybridized carbons (Fsp3) is 0.333. The van der Waals surface area contributed by atoms with Gasteiger partial charge in [-0.3, -0.25) is 4.79 Å². The van der Waals surface area contributed by atoms with Crippen LogP contribution < -0.4 is 4.90 Å². The van der Waals surface area contributed by atoms with E-state index in [0.717, 1.165) is 23.2 Å². The van der Waals surface area contributed by atoms with E-state index in [1.165, 1.54) is 0 Å². The number of carbonyl (C=O) groups is 1. The molecular weight excluding hydrogens is 354 g/mol. The summed E-state index contributed by atoms with van der Waals surface area (Å²) in [5.74, 6) is 0.480. The summed E-state index contributed by atoms with van der Waals surface area (Å²) in [6.07, 6.45) is 0.880. The van der Waals surface area contributed by atoms with Crippen LogP contribution >= 0.6 is 0 Å². The molecule has 1 aliphatic heterocycles. The molecule has 4 rings (SSSR count). The highest BCUT2D eigenvalue weighted by molar-refractivity contribution is 6.06. The first-order valence-electron chi connectivity index (χ1n) is 9.39. The standard InChI is InChI=1S/C21H23N5O2/c1-21(2,20-22-24-25-23-20)16-10-7-15(8-11-16)19(28)26-13-17(27)12-9-14-5-3-4-6-18(14)26/h3-8,10-11,17,27H,9,12-13H2,1-2H3,(H,22,23,24,25). The number of H-pyrrole nitrogens is 1. The average Bonchev–Trinajstić information content (AvgIpc) is 3.21. The number of carbonyl (C=O) groups excluding carboxylic acids is 1. The van der Waals surface area contributed by atoms with E-state index in [2.05, 4.69) is 20.6 Å². The molecule has 1 amide bonds. The van der Waals surface area contributed by atoms with Crippen molar-refractivity contribution >= 4 is 11.6 Å². The smallest absolute Gasteiger partial charge is 0.258 e. The Hall–Kier alpha value is -3.06. The normalized spacial score (nSPS) is 17.1. The largest absolute Gasteiger partial charge is 0.391 e. The number of β-amino-alcohol motifs (C(OH)–C–C–N with tert-alkyl or cyclic N) is 1. The van der Waals surface area contributed by atoms with Crippen molar-refractivity contribution < 1.29 is 9.90 Å². The summed E-state index contributed by atoms with van der Waals surface area (Å²) in [5.41, 5.74) is 3.10. The van der Waals surface area contributed by atoms with Crippen molar-refractivity contribution in [3.05, 3.63) is 71.0 Å². The van der Waals surface area contributed by atoms with Gasteiger partial charge in [0, 0.05) is 11.3 Å². The minimum Gasteiger partial charge on any atom is -0.391 e. The van der Waals surface area contributed by atoms with Crippen molar-refractivity contribution in [1.29, 1.82) is 0 Å². The third-order valence-electron chi connectivity index (χ3n) is 5.43. The van der Waals surface area contributed by atoms with Gasteiger partial charge in [0.1, 0.15) is 0 Å². The number of anilines is 1. The molecule has 0 radical (unpaired) electrons. The lowest BCUT2D eigenvalue weighted by Gasteiger charge is -2.25. The first-order valence-corrected chi connectivity index (χ1v) is 9.39. The zero-order valence-corrected chi connectivity index (χ0v) is 16.0. The second kappa shape index (κ2) is 7.16. The molecule has 7 heteroatoms. The molecule has 2 aromatic carbocycles. The second-order valence-electron chi connectivity index (χ2n) is 7.67. The highest BCUT2D eigenvalue weighted by atomic mass is 16.3. The maximum Gasteiger partial charge on any atom is 0.258 e. The van der Waals surface area contributed by atoms with Crippen molar-refractivity contribution in [3.8, 4) is 0 Å². The molecule has 2 N–H and O–H groups in total. The van der Waals surface area contributed by atoms with Gasteiger partial charge in [0.15, 0.2) is 5.82 Å². The topological polar surface area (TPSA) is 95.0 Å². The Kier molecular flexibility index (Phi) is 4.68. The molecule has 28 heavy (non-hydrogen) atoms. The van der Waals surface area contributed by atoms with Gasteiger partial charge in [0.2, 0.25) is 0 Å². The van der Waals surface area contributed by atoms with Gasteiger partial charge in [0.05, 0.1) is 18.1 Å². The van der Waals surface area contributed by atoms with E-state index in [9.17, 15) is 9.90 Å². The predicted octanol–water partition coefficient (Wildman–Crippen LogP) is 2.48. The van der Waals surface area contributed by atoms with Crippen LogP contribution in [0.1, 0.15) is 47.6 Å². The zero-order chi connectivity index (χ0) is 19.7. The number of aliphatic hydroxyl groups is 1. The molecule has 7 nitrogen and oxygen atoms in total. The second-order valence-corrected chi connectivity index (χ2v) is 7.67. The van der Waals surface area contributed by atoms with E-state index in [-0.39, 0.29) is 5.91 Å². The SMILES string of the molecule is CC(C)(c1ccc(C(=O)N2CC(O)CCc3ccccc32)cc1)c1nn[nH]n1. The van der Waals surface area contributed by atoms with Crippen molar-refractivity contribution in [1.82, 2.24) is 20.6 Å². The van der Waals surface area contributed by atoms with Crippen molar-refractivity contribution in [2.75, 3.05) is 11.4 Å². The van der Waals surface area contributed by atoms with Crippen molar-refractivity contribution in [2.24, 2.45) is 0 Å². The molecule has 0 bridgehead atoms. The summed E-state index contributed by atoms with van der Waals surface area (Å²) >= 11 is 0. The van der Waals surface area contributed by atoms with Gasteiger partial charge in [-0.05, 0) is 56.0 Å². The number of aliphatic hydroxyl groups excluding tert-OH is 1. The molecule has 3 aromatic rings. The Bertz CT molecular complexity index is 967. The highest BCUT2D eigenvalue weighted by Gasteiger charge is 2.29. The van der Waals surface area contributed by atoms with Gasteiger partial charge >= 0.3 is 0 Å². The van der Waals surface area contributed by atoms with Crippen molar-refractivity contribution in [3.63, 3.8) is 0 Å². The summed E-state index contributed by atoms with van der Waals surface area (Å²) in [6.45, 7) is 4.32. The van der Waals surface area contributed by atoms with E-state index in [0.29, 0.717) is 24.4 Å². The van der Waals surface area contributed by atoms with Gasteiger partial charge in [-0.1, -0.05) is 35.5 Å². The molecule has 0 aliphatic carbocycles. The number of aromatic amines is 1. The zero-order valence-electron chi connectivity index (χ0n) is 16.0. The number of hydrogen-bond acceptors (Lipinski definition) is 5. The maximum absolute atomic E-state index is 13.2. The van der Waals surface area contributed by atoms with E-state index in [1.54, 1.807) is 4.90 Å². The monoisotopic (exact) mass is 377 g/mol. The quantitative estimate of drug-likeness (QED) is 0.731. The summed E-state index contributed by atoms with van der Waals surface area (Å²) in [6, 6.07) is 15.3. The molecule has 0 saturated heterocycles. The lowest BCUT2D eigenvalue weighted by Crippen LogP contribution is -2.36. The Morgan fingerprint density at radius 2 is 1.93 bits per heavy atom. The molecule has 2 heterocycles. The molecule has 1 atom stereocenters. The Labute approximate surface area is 163 Å². The van der Waals surface area contributed by atoms with Gasteiger partial charge in [-0.2, -0.15) is 5.21 Å². The highest BCUT2D eigenvalue weighted by Crippen LogP contribution is 2.30. The number of para-hydroxylation sites is 1. The lowest BCUT2D eigenvalue weighted by molar-refractivity contribution is 0.0962. The number of hydrogen-bond donors (Lipinski definition) is 2. The average molecular weight is 377 g/mol. The van der Waals surface area contributed by atoms with E-state index < -0.39 is 11.5 Å². The van der Waals surface area contributed by atoms with Crippen LogP contribution in [0.4, 0.5) is 5.69 Å². The number of aryl methyl sites for hydroxylation is 1. The molecule has 144 valence electrons. The number of fused-ring (bicyclic) bond motifs is 1. The molecule has 1 aliphatic rings. The molecule has 0 spiro atoms. The molecular formula is C21H23N5O2. The number of nitrogens with zero attached hydrogens (tertiary/aromatic N) is 4. The Morgan fingerprint density at radius 1 is 1.18 bits per heavy atom. The summed E-state index contributed by atoms with van der Waals surface area (Å²) in [7, 11) is 0. The van der Waals surface area contributed by atoms with Crippen LogP contribution in [-0.2, 0) is 11.8 Å². The van der Waals surface area contributed by atoms with Crippen molar-refractivity contribution in [2.45, 2.75) is 38.2 Å². The third kappa shape index (κ3) is 3.29. The number of tetrazole rings is 1. The van der Waals surface area contributed by atoms with Gasteiger partial charge in [0.25, 0.3) is 5.91 Å². The number of rotatable bonds is 3. The minimum atomic E-state index is -0.534. The van der Waals surface area contributed by atoms with Crippen LogP contribution in [0.15, 0.2) is 48.5 Å². The van der Waals surface area contributed by atoms with Crippen LogP contribution in [0.25, 0.3) is 0 Å². The fourth-order valence-corrected chi connectivity index (χ4v) is 3.64. The molecule has 0 fully saturated rings. The Balaban J connectivity index is 1.64. The maximum atomic E-state index is 13.2. The number of amides is 1. The van der Waals surface area contributed by atoms with Crippen LogP contribution in [0.5, 0.6) is 0 Å². The Morgan fingerprint density at radius 3 is 2.64 bits per heavy atom. The van der Waals surface area contributed by atoms with Gasteiger partial charge in [-0.25, -0.2) is 0 Å². The molecule has 1 unspecified atom stereocenters. The predicted molar refractivity (Wildman–Crippen MR) is 105 cm³/mol. The van der Waals surface area contributed by atoms with Gasteiger partial charge < -0.3 is 10.0 Å². The molecule has 0 saturated carbocycles. The molecule has 1 aromatic heterocycles. The lowest BCUT2D eigenvalue weighted by atomic mass is 9.83. The van der Waals surface area contributed by atoms with E-state index >= 15 is 0 Å². The van der Waals surface area contributed by atoms with Crippen LogP contribution in [0, 0.1) is 0 Å². The van der Waals surface area contributed by atoms with E-state index in [1.807, 2.05) is 62.4 Å². The van der Waals surface area contributed by atoms with Crippen LogP contribution in [0.3, 0.4) is 0 Å². The van der Waals surface area contributed by atoms with Crippen LogP contribution in [0.2, 0.25) is 0 Å².